The summed E-state index contributed by atoms with van der Waals surface area (Å²) in [6.45, 7) is 7.68. The molecule has 0 saturated heterocycles. The van der Waals surface area contributed by atoms with Crippen molar-refractivity contribution < 1.29 is 14.4 Å². The van der Waals surface area contributed by atoms with Crippen LogP contribution in [-0.2, 0) is 9.59 Å². The molecule has 0 radical (unpaired) electrons. The molecule has 0 spiro atoms. The third-order valence-electron chi connectivity index (χ3n) is 5.64. The van der Waals surface area contributed by atoms with E-state index in [0.717, 1.165) is 32.1 Å². The molecule has 35 heavy (non-hydrogen) atoms. The number of hydrogen-bond acceptors (Lipinski definition) is 3. The summed E-state index contributed by atoms with van der Waals surface area (Å²) < 4.78 is 2.16. The topological polar surface area (TPSA) is 92.2 Å². The van der Waals surface area contributed by atoms with Gasteiger partial charge in [-0.05, 0) is 75.2 Å². The van der Waals surface area contributed by atoms with Crippen molar-refractivity contribution in [1.29, 1.82) is 0 Å². The maximum atomic E-state index is 13.1. The molecule has 0 saturated carbocycles. The first kappa shape index (κ1) is 24.2. The van der Waals surface area contributed by atoms with Gasteiger partial charge in [0.2, 0.25) is 0 Å². The molecular weight excluding hydrogens is 508 g/mol. The lowest BCUT2D eigenvalue weighted by Crippen LogP contribution is -2.36. The van der Waals surface area contributed by atoms with Crippen LogP contribution in [0.5, 0.6) is 0 Å². The van der Waals surface area contributed by atoms with E-state index in [2.05, 4.69) is 32.0 Å². The fraction of sp³-hybridized carbons (Fsp3) is 0.148. The number of carbonyl (C=O) groups is 3. The van der Waals surface area contributed by atoms with Crippen LogP contribution < -0.4 is 16.1 Å². The Labute approximate surface area is 211 Å². The predicted octanol–water partition coefficient (Wildman–Crippen LogP) is 5.60. The zero-order valence-electron chi connectivity index (χ0n) is 19.8. The van der Waals surface area contributed by atoms with Crippen molar-refractivity contribution in [1.82, 2.24) is 4.68 Å². The SMILES string of the molecule is Cc1ccc(NC(=O)c2cc3cc(Br)ccc3n2NC(=O)C(=O)Nc2c(C)cc(C)cc2C)cc1. The number of aryl methyl sites for hydroxylation is 4. The number of nitrogens with zero attached hydrogens (tertiary/aromatic N) is 1. The lowest BCUT2D eigenvalue weighted by Gasteiger charge is -2.15. The molecule has 178 valence electrons. The summed E-state index contributed by atoms with van der Waals surface area (Å²) in [6, 6.07) is 18.3. The van der Waals surface area contributed by atoms with E-state index in [1.165, 1.54) is 4.68 Å². The lowest BCUT2D eigenvalue weighted by molar-refractivity contribution is -0.133. The zero-order chi connectivity index (χ0) is 25.3. The second kappa shape index (κ2) is 9.76. The van der Waals surface area contributed by atoms with Gasteiger partial charge in [0.25, 0.3) is 5.91 Å². The third-order valence-corrected chi connectivity index (χ3v) is 6.13. The van der Waals surface area contributed by atoms with Gasteiger partial charge in [0.15, 0.2) is 0 Å². The number of aromatic nitrogens is 1. The van der Waals surface area contributed by atoms with Gasteiger partial charge in [-0.3, -0.25) is 19.8 Å². The van der Waals surface area contributed by atoms with Crippen LogP contribution in [0.15, 0.2) is 65.1 Å². The van der Waals surface area contributed by atoms with E-state index in [-0.39, 0.29) is 5.69 Å². The maximum absolute atomic E-state index is 13.1. The standard InChI is InChI=1S/C27H25BrN4O3/c1-15-5-8-21(9-6-15)29-25(33)23-14-19-13-20(28)7-10-22(19)32(23)31-27(35)26(34)30-24-17(3)11-16(2)12-18(24)4/h5-14H,1-4H3,(H,29,33)(H,30,34)(H,31,35). The second-order valence-electron chi connectivity index (χ2n) is 8.56. The Morgan fingerprint density at radius 1 is 0.743 bits per heavy atom. The summed E-state index contributed by atoms with van der Waals surface area (Å²) in [5.41, 5.74) is 8.41. The number of halogens is 1. The molecule has 1 aromatic heterocycles. The summed E-state index contributed by atoms with van der Waals surface area (Å²) in [5.74, 6) is -2.15. The summed E-state index contributed by atoms with van der Waals surface area (Å²) in [6.07, 6.45) is 0. The van der Waals surface area contributed by atoms with Gasteiger partial charge in [-0.2, -0.15) is 0 Å². The molecule has 3 amide bonds. The van der Waals surface area contributed by atoms with Gasteiger partial charge in [0.05, 0.1) is 5.52 Å². The van der Waals surface area contributed by atoms with Gasteiger partial charge in [-0.15, -0.1) is 0 Å². The Hall–Kier alpha value is -3.91. The summed E-state index contributed by atoms with van der Waals surface area (Å²) >= 11 is 3.43. The molecule has 0 fully saturated rings. The number of hydrogen-bond donors (Lipinski definition) is 3. The Morgan fingerprint density at radius 3 is 2.06 bits per heavy atom. The van der Waals surface area contributed by atoms with Crippen LogP contribution in [-0.4, -0.2) is 22.4 Å². The monoisotopic (exact) mass is 532 g/mol. The summed E-state index contributed by atoms with van der Waals surface area (Å²) in [5, 5.41) is 6.26. The minimum Gasteiger partial charge on any atom is -0.321 e. The predicted molar refractivity (Wildman–Crippen MR) is 142 cm³/mol. The van der Waals surface area contributed by atoms with Gasteiger partial charge in [0.1, 0.15) is 5.69 Å². The number of anilines is 2. The zero-order valence-corrected chi connectivity index (χ0v) is 21.4. The average Bonchev–Trinajstić information content (AvgIpc) is 3.14. The average molecular weight is 533 g/mol. The highest BCUT2D eigenvalue weighted by molar-refractivity contribution is 9.10. The number of rotatable bonds is 4. The third kappa shape index (κ3) is 5.27. The van der Waals surface area contributed by atoms with Gasteiger partial charge in [-0.25, -0.2) is 4.68 Å². The molecule has 8 heteroatoms. The van der Waals surface area contributed by atoms with Crippen LogP contribution in [0.1, 0.15) is 32.7 Å². The molecule has 7 nitrogen and oxygen atoms in total. The fourth-order valence-corrected chi connectivity index (χ4v) is 4.38. The number of benzene rings is 3. The normalized spacial score (nSPS) is 10.8. The molecule has 0 aliphatic rings. The highest BCUT2D eigenvalue weighted by Gasteiger charge is 2.22. The molecule has 3 aromatic carbocycles. The van der Waals surface area contributed by atoms with E-state index < -0.39 is 17.7 Å². The van der Waals surface area contributed by atoms with Crippen molar-refractivity contribution in [2.24, 2.45) is 0 Å². The van der Waals surface area contributed by atoms with E-state index >= 15 is 0 Å². The Morgan fingerprint density at radius 2 is 1.40 bits per heavy atom. The van der Waals surface area contributed by atoms with Crippen molar-refractivity contribution in [3.8, 4) is 0 Å². The minimum absolute atomic E-state index is 0.183. The van der Waals surface area contributed by atoms with E-state index in [1.807, 2.05) is 58.0 Å². The van der Waals surface area contributed by atoms with Crippen molar-refractivity contribution in [2.45, 2.75) is 27.7 Å². The summed E-state index contributed by atoms with van der Waals surface area (Å²) in [4.78, 5) is 38.8. The molecule has 1 heterocycles. The van der Waals surface area contributed by atoms with Crippen LogP contribution in [0.25, 0.3) is 10.9 Å². The Kier molecular flexibility index (Phi) is 6.75. The van der Waals surface area contributed by atoms with Crippen LogP contribution in [0.4, 0.5) is 11.4 Å². The van der Waals surface area contributed by atoms with Crippen LogP contribution in [0, 0.1) is 27.7 Å². The minimum atomic E-state index is -0.894. The first-order chi connectivity index (χ1) is 16.6. The highest BCUT2D eigenvalue weighted by atomic mass is 79.9. The summed E-state index contributed by atoms with van der Waals surface area (Å²) in [7, 11) is 0. The number of carbonyl (C=O) groups excluding carboxylic acids is 3. The maximum Gasteiger partial charge on any atom is 0.328 e. The quantitative estimate of drug-likeness (QED) is 0.299. The van der Waals surface area contributed by atoms with Crippen molar-refractivity contribution >= 4 is 55.9 Å². The van der Waals surface area contributed by atoms with E-state index in [4.69, 9.17) is 0 Å². The molecule has 0 unspecified atom stereocenters. The van der Waals surface area contributed by atoms with Crippen molar-refractivity contribution in [3.63, 3.8) is 0 Å². The van der Waals surface area contributed by atoms with Crippen molar-refractivity contribution in [2.75, 3.05) is 16.1 Å². The largest absolute Gasteiger partial charge is 0.328 e. The van der Waals surface area contributed by atoms with Crippen LogP contribution in [0.3, 0.4) is 0 Å². The Bertz CT molecular complexity index is 1450. The molecule has 0 aliphatic carbocycles. The fourth-order valence-electron chi connectivity index (χ4n) is 4.01. The molecule has 3 N–H and O–H groups in total. The van der Waals surface area contributed by atoms with Gasteiger partial charge >= 0.3 is 11.8 Å². The molecule has 4 rings (SSSR count). The van der Waals surface area contributed by atoms with E-state index in [1.54, 1.807) is 30.3 Å². The molecule has 0 bridgehead atoms. The smallest absolute Gasteiger partial charge is 0.321 e. The molecule has 4 aromatic rings. The molecular formula is C27H25BrN4O3. The van der Waals surface area contributed by atoms with Crippen LogP contribution in [0.2, 0.25) is 0 Å². The second-order valence-corrected chi connectivity index (χ2v) is 9.47. The van der Waals surface area contributed by atoms with Gasteiger partial charge in [0, 0.05) is 21.2 Å². The lowest BCUT2D eigenvalue weighted by atomic mass is 10.1. The first-order valence-corrected chi connectivity index (χ1v) is 11.8. The number of fused-ring (bicyclic) bond motifs is 1. The highest BCUT2D eigenvalue weighted by Crippen LogP contribution is 2.25. The van der Waals surface area contributed by atoms with Gasteiger partial charge < -0.3 is 10.6 Å². The number of amides is 3. The van der Waals surface area contributed by atoms with Crippen LogP contribution >= 0.6 is 15.9 Å². The molecule has 0 atom stereocenters. The van der Waals surface area contributed by atoms with E-state index in [0.29, 0.717) is 16.9 Å². The molecule has 0 aliphatic heterocycles. The number of nitrogens with one attached hydrogen (secondary N) is 3. The van der Waals surface area contributed by atoms with E-state index in [9.17, 15) is 14.4 Å². The first-order valence-electron chi connectivity index (χ1n) is 11.0. The van der Waals surface area contributed by atoms with Crippen molar-refractivity contribution in [3.05, 3.63) is 93.1 Å². The Balaban J connectivity index is 1.63. The van der Waals surface area contributed by atoms with Gasteiger partial charge in [-0.1, -0.05) is 51.3 Å².